The van der Waals surface area contributed by atoms with Crippen molar-refractivity contribution in [2.24, 2.45) is 7.05 Å². The maximum atomic E-state index is 13.1. The number of alkyl halides is 3. The topological polar surface area (TPSA) is 107 Å². The van der Waals surface area contributed by atoms with Gasteiger partial charge >= 0.3 is 6.18 Å². The molecule has 0 fully saturated rings. The minimum atomic E-state index is -4.66. The van der Waals surface area contributed by atoms with Crippen molar-refractivity contribution in [3.05, 3.63) is 30.2 Å². The van der Waals surface area contributed by atoms with Crippen LogP contribution in [0.5, 0.6) is 5.75 Å². The van der Waals surface area contributed by atoms with Gasteiger partial charge in [-0.3, -0.25) is 4.79 Å². The van der Waals surface area contributed by atoms with Gasteiger partial charge in [0.05, 0.1) is 29.2 Å². The number of aromatic nitrogens is 4. The van der Waals surface area contributed by atoms with Gasteiger partial charge < -0.3 is 14.2 Å². The summed E-state index contributed by atoms with van der Waals surface area (Å²) in [6.07, 6.45) is -2.39. The molecule has 34 heavy (non-hydrogen) atoms. The lowest BCUT2D eigenvalue weighted by Gasteiger charge is -2.28. The predicted octanol–water partition coefficient (Wildman–Crippen LogP) is 3.09. The SMILES string of the molecule is CCS(=O)(=O)c1cc(OC(C)(C)C(=O)N(C)C)cnc1-c1nc2cc(C(F)(F)F)ncc2n1C. The maximum Gasteiger partial charge on any atom is 0.433 e. The van der Waals surface area contributed by atoms with Crippen LogP contribution < -0.4 is 4.74 Å². The molecule has 0 aliphatic carbocycles. The number of aryl methyl sites for hydroxylation is 1. The summed E-state index contributed by atoms with van der Waals surface area (Å²) < 4.78 is 72.2. The maximum absolute atomic E-state index is 13.1. The third kappa shape index (κ3) is 4.69. The zero-order chi connectivity index (χ0) is 25.6. The standard InChI is InChI=1S/C21H24F3N5O4S/c1-7-34(31,32)15-8-12(33-20(2,3)19(30)28(4)5)10-26-17(15)18-27-13-9-16(21(22,23)24)25-11-14(13)29(18)6/h8-11H,7H2,1-6H3. The molecular weight excluding hydrogens is 475 g/mol. The minimum Gasteiger partial charge on any atom is -0.476 e. The van der Waals surface area contributed by atoms with E-state index in [9.17, 15) is 26.4 Å². The van der Waals surface area contributed by atoms with Crippen LogP contribution in [0.25, 0.3) is 22.6 Å². The van der Waals surface area contributed by atoms with E-state index in [-0.39, 0.29) is 44.9 Å². The molecule has 3 heterocycles. The Kier molecular flexibility index (Phi) is 6.37. The van der Waals surface area contributed by atoms with Crippen LogP contribution in [0, 0.1) is 0 Å². The van der Waals surface area contributed by atoms with Crippen molar-refractivity contribution in [2.45, 2.75) is 37.4 Å². The molecule has 0 N–H and O–H groups in total. The lowest BCUT2D eigenvalue weighted by molar-refractivity contribution is -0.142. The molecule has 0 saturated heterocycles. The van der Waals surface area contributed by atoms with Crippen LogP contribution in [0.15, 0.2) is 29.4 Å². The van der Waals surface area contributed by atoms with Gasteiger partial charge in [0.2, 0.25) is 0 Å². The second kappa shape index (κ2) is 8.53. The van der Waals surface area contributed by atoms with Crippen LogP contribution in [0.4, 0.5) is 13.2 Å². The second-order valence-electron chi connectivity index (χ2n) is 8.28. The Bertz CT molecular complexity index is 1360. The Hall–Kier alpha value is -3.22. The molecule has 0 aromatic carbocycles. The quantitative estimate of drug-likeness (QED) is 0.513. The molecule has 1 amide bonds. The van der Waals surface area contributed by atoms with Crippen LogP contribution in [0.3, 0.4) is 0 Å². The predicted molar refractivity (Wildman–Crippen MR) is 118 cm³/mol. The number of amides is 1. The second-order valence-corrected chi connectivity index (χ2v) is 10.5. The highest BCUT2D eigenvalue weighted by Gasteiger charge is 2.34. The summed E-state index contributed by atoms with van der Waals surface area (Å²) in [6, 6.07) is 2.03. The Labute approximate surface area is 194 Å². The van der Waals surface area contributed by atoms with Gasteiger partial charge in [-0.15, -0.1) is 0 Å². The van der Waals surface area contributed by atoms with E-state index in [2.05, 4.69) is 15.0 Å². The van der Waals surface area contributed by atoms with E-state index < -0.39 is 27.3 Å². The van der Waals surface area contributed by atoms with E-state index >= 15 is 0 Å². The Morgan fingerprint density at radius 3 is 2.35 bits per heavy atom. The average Bonchev–Trinajstić information content (AvgIpc) is 3.08. The highest BCUT2D eigenvalue weighted by atomic mass is 32.2. The van der Waals surface area contributed by atoms with Crippen molar-refractivity contribution in [3.63, 3.8) is 0 Å². The number of pyridine rings is 2. The third-order valence-electron chi connectivity index (χ3n) is 5.11. The van der Waals surface area contributed by atoms with Gasteiger partial charge in [0, 0.05) is 27.2 Å². The van der Waals surface area contributed by atoms with Crippen LogP contribution in [-0.4, -0.2) is 64.2 Å². The van der Waals surface area contributed by atoms with Crippen molar-refractivity contribution in [1.82, 2.24) is 24.4 Å². The molecule has 0 bridgehead atoms. The number of rotatable bonds is 6. The molecule has 9 nitrogen and oxygen atoms in total. The summed E-state index contributed by atoms with van der Waals surface area (Å²) in [5, 5.41) is 0. The fraction of sp³-hybridized carbons (Fsp3) is 0.429. The molecule has 3 aromatic rings. The number of carbonyl (C=O) groups excluding carboxylic acids is 1. The van der Waals surface area contributed by atoms with Crippen molar-refractivity contribution in [3.8, 4) is 17.3 Å². The number of ether oxygens (including phenoxy) is 1. The number of hydrogen-bond donors (Lipinski definition) is 0. The highest BCUT2D eigenvalue weighted by Crippen LogP contribution is 2.34. The number of fused-ring (bicyclic) bond motifs is 1. The first-order chi connectivity index (χ1) is 15.6. The zero-order valence-corrected chi connectivity index (χ0v) is 20.2. The van der Waals surface area contributed by atoms with Gasteiger partial charge in [-0.2, -0.15) is 13.2 Å². The Balaban J connectivity index is 2.18. The summed E-state index contributed by atoms with van der Waals surface area (Å²) in [7, 11) is 0.781. The Morgan fingerprint density at radius 1 is 1.15 bits per heavy atom. The average molecular weight is 500 g/mol. The third-order valence-corrected chi connectivity index (χ3v) is 6.85. The van der Waals surface area contributed by atoms with Crippen LogP contribution >= 0.6 is 0 Å². The molecule has 0 aliphatic rings. The van der Waals surface area contributed by atoms with Gasteiger partial charge in [-0.05, 0) is 19.9 Å². The first-order valence-corrected chi connectivity index (χ1v) is 11.8. The molecule has 0 spiro atoms. The molecule has 3 rings (SSSR count). The van der Waals surface area contributed by atoms with Gasteiger partial charge in [0.1, 0.15) is 22.0 Å². The van der Waals surface area contributed by atoms with E-state index in [0.29, 0.717) is 0 Å². The number of likely N-dealkylation sites (N-methyl/N-ethyl adjacent to an activating group) is 1. The first-order valence-electron chi connectivity index (χ1n) is 10.1. The number of carbonyl (C=O) groups is 1. The lowest BCUT2D eigenvalue weighted by atomic mass is 10.1. The molecule has 0 radical (unpaired) electrons. The number of imidazole rings is 1. The van der Waals surface area contributed by atoms with E-state index in [1.807, 2.05) is 0 Å². The molecule has 0 aliphatic heterocycles. The summed E-state index contributed by atoms with van der Waals surface area (Å²) >= 11 is 0. The molecule has 0 unspecified atom stereocenters. The minimum absolute atomic E-state index is 0.0143. The van der Waals surface area contributed by atoms with Gasteiger partial charge in [-0.25, -0.2) is 23.4 Å². The van der Waals surface area contributed by atoms with Crippen LogP contribution in [0.1, 0.15) is 26.5 Å². The van der Waals surface area contributed by atoms with Gasteiger partial charge in [0.15, 0.2) is 21.3 Å². The van der Waals surface area contributed by atoms with Crippen molar-refractivity contribution in [1.29, 1.82) is 0 Å². The molecule has 3 aromatic heterocycles. The monoisotopic (exact) mass is 499 g/mol. The molecule has 13 heteroatoms. The summed E-state index contributed by atoms with van der Waals surface area (Å²) in [6.45, 7) is 4.52. The largest absolute Gasteiger partial charge is 0.476 e. The van der Waals surface area contributed by atoms with Crippen molar-refractivity contribution >= 4 is 26.8 Å². The van der Waals surface area contributed by atoms with Crippen LogP contribution in [0.2, 0.25) is 0 Å². The van der Waals surface area contributed by atoms with E-state index in [0.717, 1.165) is 12.3 Å². The van der Waals surface area contributed by atoms with E-state index in [4.69, 9.17) is 4.74 Å². The summed E-state index contributed by atoms with van der Waals surface area (Å²) in [5.41, 5.74) is -2.23. The van der Waals surface area contributed by atoms with E-state index in [1.165, 1.54) is 49.5 Å². The van der Waals surface area contributed by atoms with Crippen molar-refractivity contribution in [2.75, 3.05) is 19.8 Å². The molecular formula is C21H24F3N5O4S. The van der Waals surface area contributed by atoms with Crippen molar-refractivity contribution < 1.29 is 31.1 Å². The van der Waals surface area contributed by atoms with E-state index in [1.54, 1.807) is 14.1 Å². The fourth-order valence-corrected chi connectivity index (χ4v) is 4.42. The fourth-order valence-electron chi connectivity index (χ4n) is 3.38. The number of nitrogens with zero attached hydrogens (tertiary/aromatic N) is 5. The van der Waals surface area contributed by atoms with Gasteiger partial charge in [-0.1, -0.05) is 6.92 Å². The number of sulfone groups is 1. The highest BCUT2D eigenvalue weighted by molar-refractivity contribution is 7.91. The first kappa shape index (κ1) is 25.4. The number of halogens is 3. The summed E-state index contributed by atoms with van der Waals surface area (Å²) in [4.78, 5) is 25.4. The van der Waals surface area contributed by atoms with Crippen LogP contribution in [-0.2, 0) is 27.9 Å². The molecule has 184 valence electrons. The lowest BCUT2D eigenvalue weighted by Crippen LogP contribution is -2.45. The normalized spacial score (nSPS) is 12.7. The molecule has 0 atom stereocenters. The molecule has 0 saturated carbocycles. The number of hydrogen-bond acceptors (Lipinski definition) is 7. The smallest absolute Gasteiger partial charge is 0.433 e. The Morgan fingerprint density at radius 2 is 1.79 bits per heavy atom. The van der Waals surface area contributed by atoms with Gasteiger partial charge in [0.25, 0.3) is 5.91 Å². The summed E-state index contributed by atoms with van der Waals surface area (Å²) in [5.74, 6) is -0.539. The zero-order valence-electron chi connectivity index (χ0n) is 19.4.